The van der Waals surface area contributed by atoms with Gasteiger partial charge in [-0.05, 0) is 47.4 Å². The van der Waals surface area contributed by atoms with Gasteiger partial charge < -0.3 is 4.98 Å². The number of benzene rings is 3. The first kappa shape index (κ1) is 21.4. The van der Waals surface area contributed by atoms with Crippen molar-refractivity contribution >= 4 is 35.9 Å². The van der Waals surface area contributed by atoms with Crippen molar-refractivity contribution in [2.75, 3.05) is 0 Å². The average molecular weight is 473 g/mol. The molecular formula is C26H21ClN4OS. The standard InChI is InChI=1S/C26H21ClN4OS/c1-18-9-5-8-14-24(18)33(27,26(32)19-10-3-2-4-11-19)25(22-15-16-28-31-30-22)23-17-20-12-6-7-13-21(20)29-23/h2-17,25,29H,1H3. The summed E-state index contributed by atoms with van der Waals surface area (Å²) in [5, 5.41) is 12.4. The van der Waals surface area contributed by atoms with E-state index in [1.54, 1.807) is 12.3 Å². The van der Waals surface area contributed by atoms with Gasteiger partial charge in [0.25, 0.3) is 0 Å². The minimum absolute atomic E-state index is 0.124. The van der Waals surface area contributed by atoms with Crippen molar-refractivity contribution in [3.63, 3.8) is 0 Å². The summed E-state index contributed by atoms with van der Waals surface area (Å²) < 4.78 is 0. The first-order valence-corrected chi connectivity index (χ1v) is 13.0. The fraction of sp³-hybridized carbons (Fsp3) is 0.0769. The number of carbonyl (C=O) groups excluding carboxylic acids is 1. The molecule has 2 heterocycles. The van der Waals surface area contributed by atoms with Crippen LogP contribution in [0.5, 0.6) is 0 Å². The lowest BCUT2D eigenvalue weighted by Crippen LogP contribution is -2.20. The predicted octanol–water partition coefficient (Wildman–Crippen LogP) is 6.61. The van der Waals surface area contributed by atoms with E-state index < -0.39 is 14.5 Å². The molecule has 5 rings (SSSR count). The van der Waals surface area contributed by atoms with Crippen LogP contribution in [0.4, 0.5) is 0 Å². The van der Waals surface area contributed by atoms with Crippen LogP contribution in [0, 0.1) is 6.92 Å². The monoisotopic (exact) mass is 472 g/mol. The molecule has 2 unspecified atom stereocenters. The molecule has 33 heavy (non-hydrogen) atoms. The molecule has 7 heteroatoms. The Morgan fingerprint density at radius 1 is 0.939 bits per heavy atom. The van der Waals surface area contributed by atoms with Gasteiger partial charge in [0.05, 0.1) is 17.1 Å². The third-order valence-corrected chi connectivity index (χ3v) is 10.1. The van der Waals surface area contributed by atoms with E-state index in [0.29, 0.717) is 11.3 Å². The Hall–Kier alpha value is -3.48. The number of nitrogens with zero attached hydrogens (tertiary/aromatic N) is 3. The lowest BCUT2D eigenvalue weighted by atomic mass is 10.2. The molecule has 0 saturated heterocycles. The number of hydrogen-bond acceptors (Lipinski definition) is 4. The summed E-state index contributed by atoms with van der Waals surface area (Å²) in [4.78, 5) is 18.5. The van der Waals surface area contributed by atoms with Crippen molar-refractivity contribution in [3.8, 4) is 0 Å². The second-order valence-electron chi connectivity index (χ2n) is 7.74. The number of halogens is 1. The van der Waals surface area contributed by atoms with Crippen LogP contribution in [0.1, 0.15) is 32.6 Å². The highest BCUT2D eigenvalue weighted by Gasteiger charge is 2.45. The zero-order valence-electron chi connectivity index (χ0n) is 17.9. The van der Waals surface area contributed by atoms with E-state index in [1.807, 2.05) is 91.9 Å². The van der Waals surface area contributed by atoms with Gasteiger partial charge in [-0.3, -0.25) is 4.79 Å². The summed E-state index contributed by atoms with van der Waals surface area (Å²) >= 11 is 0. The van der Waals surface area contributed by atoms with Gasteiger partial charge in [0, 0.05) is 21.7 Å². The molecular weight excluding hydrogens is 452 g/mol. The molecule has 0 amide bonds. The molecule has 0 aliphatic rings. The lowest BCUT2D eigenvalue weighted by Gasteiger charge is -2.39. The number of hydrogen-bond donors (Lipinski definition) is 1. The Balaban J connectivity index is 1.82. The third kappa shape index (κ3) is 3.81. The molecule has 3 aromatic carbocycles. The Kier molecular flexibility index (Phi) is 5.70. The van der Waals surface area contributed by atoms with Crippen molar-refractivity contribution in [1.82, 2.24) is 20.4 Å². The molecule has 0 bridgehead atoms. The molecule has 5 nitrogen and oxygen atoms in total. The third-order valence-electron chi connectivity index (χ3n) is 5.64. The van der Waals surface area contributed by atoms with E-state index in [9.17, 15) is 4.79 Å². The average Bonchev–Trinajstić information content (AvgIpc) is 3.28. The normalized spacial score (nSPS) is 15.0. The van der Waals surface area contributed by atoms with Crippen LogP contribution < -0.4 is 0 Å². The predicted molar refractivity (Wildman–Crippen MR) is 134 cm³/mol. The molecule has 5 aromatic rings. The lowest BCUT2D eigenvalue weighted by molar-refractivity contribution is 0.108. The molecule has 164 valence electrons. The summed E-state index contributed by atoms with van der Waals surface area (Å²) in [7, 11) is 4.94. The van der Waals surface area contributed by atoms with E-state index in [0.717, 1.165) is 27.1 Å². The van der Waals surface area contributed by atoms with Crippen molar-refractivity contribution in [2.45, 2.75) is 17.1 Å². The van der Waals surface area contributed by atoms with E-state index in [1.165, 1.54) is 0 Å². The second kappa shape index (κ2) is 8.81. The summed E-state index contributed by atoms with van der Waals surface area (Å²) in [6.07, 6.45) is 1.58. The molecule has 2 atom stereocenters. The number of rotatable bonds is 5. The maximum Gasteiger partial charge on any atom is 0.220 e. The fourth-order valence-corrected chi connectivity index (χ4v) is 8.34. The summed E-state index contributed by atoms with van der Waals surface area (Å²) in [5.74, 6) is 0. The number of para-hydroxylation sites is 1. The van der Waals surface area contributed by atoms with Crippen LogP contribution in [0.15, 0.2) is 102 Å². The maximum atomic E-state index is 14.2. The van der Waals surface area contributed by atoms with Gasteiger partial charge in [-0.25, -0.2) is 0 Å². The van der Waals surface area contributed by atoms with Gasteiger partial charge in [0.2, 0.25) is 5.12 Å². The van der Waals surface area contributed by atoms with E-state index >= 15 is 0 Å². The topological polar surface area (TPSA) is 71.5 Å². The molecule has 0 fully saturated rings. The Bertz CT molecular complexity index is 1390. The SMILES string of the molecule is Cc1ccccc1S(Cl)(C(=O)c1ccccc1)C(c1ccnnn1)c1cc2ccccc2[nH]1. The molecule has 0 spiro atoms. The van der Waals surface area contributed by atoms with Gasteiger partial charge >= 0.3 is 0 Å². The van der Waals surface area contributed by atoms with E-state index in [-0.39, 0.29) is 5.12 Å². The highest BCUT2D eigenvalue weighted by Crippen LogP contribution is 2.73. The number of aromatic amines is 1. The second-order valence-corrected chi connectivity index (χ2v) is 11.6. The summed E-state index contributed by atoms with van der Waals surface area (Å²) in [6, 6.07) is 28.8. The molecule has 0 radical (unpaired) electrons. The quantitative estimate of drug-likeness (QED) is 0.312. The number of carbonyl (C=O) groups is 1. The maximum absolute atomic E-state index is 14.2. The summed E-state index contributed by atoms with van der Waals surface area (Å²) in [6.45, 7) is 1.98. The van der Waals surface area contributed by atoms with Gasteiger partial charge in [0.1, 0.15) is 0 Å². The molecule has 0 aliphatic carbocycles. The molecule has 0 aliphatic heterocycles. The summed E-state index contributed by atoms with van der Waals surface area (Å²) in [5.41, 5.74) is 3.89. The first-order valence-electron chi connectivity index (χ1n) is 10.5. The van der Waals surface area contributed by atoms with Crippen LogP contribution in [0.3, 0.4) is 0 Å². The van der Waals surface area contributed by atoms with Crippen LogP contribution in [0.25, 0.3) is 10.9 Å². The number of H-pyrrole nitrogens is 1. The number of aryl methyl sites for hydroxylation is 1. The van der Waals surface area contributed by atoms with Crippen LogP contribution in [-0.4, -0.2) is 25.5 Å². The zero-order valence-corrected chi connectivity index (χ0v) is 19.4. The van der Waals surface area contributed by atoms with Crippen LogP contribution in [-0.2, 0) is 0 Å². The van der Waals surface area contributed by atoms with E-state index in [4.69, 9.17) is 10.7 Å². The van der Waals surface area contributed by atoms with Gasteiger partial charge in [-0.15, -0.1) is 10.2 Å². The van der Waals surface area contributed by atoms with Crippen molar-refractivity contribution in [1.29, 1.82) is 0 Å². The van der Waals surface area contributed by atoms with E-state index in [2.05, 4.69) is 20.4 Å². The van der Waals surface area contributed by atoms with Crippen molar-refractivity contribution in [3.05, 3.63) is 120 Å². The number of fused-ring (bicyclic) bond motifs is 1. The highest BCUT2D eigenvalue weighted by atomic mass is 35.7. The van der Waals surface area contributed by atoms with Crippen LogP contribution in [0.2, 0.25) is 0 Å². The fourth-order valence-electron chi connectivity index (χ4n) is 4.10. The van der Waals surface area contributed by atoms with Crippen molar-refractivity contribution in [2.24, 2.45) is 0 Å². The number of nitrogens with one attached hydrogen (secondary N) is 1. The van der Waals surface area contributed by atoms with Crippen molar-refractivity contribution < 1.29 is 4.79 Å². The van der Waals surface area contributed by atoms with Gasteiger partial charge in [-0.2, -0.15) is 0 Å². The molecule has 2 aromatic heterocycles. The highest BCUT2D eigenvalue weighted by molar-refractivity contribution is 8.61. The largest absolute Gasteiger partial charge is 0.357 e. The number of aromatic nitrogens is 4. The first-order chi connectivity index (χ1) is 16.1. The van der Waals surface area contributed by atoms with Gasteiger partial charge in [0.15, 0.2) is 0 Å². The zero-order chi connectivity index (χ0) is 22.8. The van der Waals surface area contributed by atoms with Gasteiger partial charge in [-0.1, -0.05) is 86.7 Å². The molecule has 1 N–H and O–H groups in total. The van der Waals surface area contributed by atoms with Crippen LogP contribution >= 0.6 is 19.9 Å². The minimum atomic E-state index is -2.70. The molecule has 0 saturated carbocycles. The Morgan fingerprint density at radius 3 is 2.39 bits per heavy atom. The smallest absolute Gasteiger partial charge is 0.220 e. The Morgan fingerprint density at radius 2 is 1.67 bits per heavy atom. The Labute approximate surface area is 197 Å². The minimum Gasteiger partial charge on any atom is -0.357 e.